The second-order valence-electron chi connectivity index (χ2n) is 8.29. The van der Waals surface area contributed by atoms with Crippen LogP contribution in [0.1, 0.15) is 33.6 Å². The molecule has 0 spiro atoms. The number of piperazine rings is 1. The van der Waals surface area contributed by atoms with Crippen LogP contribution in [0.5, 0.6) is 5.75 Å². The summed E-state index contributed by atoms with van der Waals surface area (Å²) in [6.07, 6.45) is 0.182. The highest BCUT2D eigenvalue weighted by Gasteiger charge is 2.45. The van der Waals surface area contributed by atoms with Gasteiger partial charge >= 0.3 is 0 Å². The maximum Gasteiger partial charge on any atom is 0.266 e. The number of fused-ring (bicyclic) bond motifs is 1. The number of piperidine rings is 1. The summed E-state index contributed by atoms with van der Waals surface area (Å²) in [5.41, 5.74) is 0.319. The SMILES string of the molecule is Cl.Cl.O=C1CCC(N2C(=O)c3cccc(OCCOCCOCCN4CCNCC4)c3C2=O)C(=O)N1. The molecule has 0 saturated carbocycles. The van der Waals surface area contributed by atoms with Gasteiger partial charge in [-0.1, -0.05) is 6.07 Å². The molecule has 4 amide bonds. The summed E-state index contributed by atoms with van der Waals surface area (Å²) in [4.78, 5) is 52.7. The van der Waals surface area contributed by atoms with Gasteiger partial charge in [0.05, 0.1) is 37.6 Å². The number of nitrogens with zero attached hydrogens (tertiary/aromatic N) is 2. The minimum Gasteiger partial charge on any atom is -0.490 e. The first kappa shape index (κ1) is 29.9. The molecule has 13 heteroatoms. The largest absolute Gasteiger partial charge is 0.490 e. The van der Waals surface area contributed by atoms with Gasteiger partial charge in [-0.15, -0.1) is 24.8 Å². The maximum atomic E-state index is 13.0. The van der Waals surface area contributed by atoms with Crippen LogP contribution in [0.2, 0.25) is 0 Å². The first-order valence-electron chi connectivity index (χ1n) is 11.6. The zero-order valence-electron chi connectivity index (χ0n) is 19.9. The molecule has 1 aromatic carbocycles. The van der Waals surface area contributed by atoms with Crippen molar-refractivity contribution in [2.24, 2.45) is 0 Å². The standard InChI is InChI=1S/C23H30N4O7.2ClH/c28-19-5-4-17(21(29)25-19)27-22(30)16-2-1-3-18(20(16)23(27)31)34-15-14-33-13-12-32-11-10-26-8-6-24-7-9-26;;/h1-3,17,24H,4-15H2,(H,25,28,29);2*1H. The van der Waals surface area contributed by atoms with E-state index in [-0.39, 0.29) is 61.1 Å². The fourth-order valence-corrected chi connectivity index (χ4v) is 4.27. The Morgan fingerprint density at radius 3 is 2.31 bits per heavy atom. The van der Waals surface area contributed by atoms with Crippen molar-refractivity contribution in [2.45, 2.75) is 18.9 Å². The zero-order chi connectivity index (χ0) is 23.9. The van der Waals surface area contributed by atoms with Crippen LogP contribution in [0.4, 0.5) is 0 Å². The smallest absolute Gasteiger partial charge is 0.266 e. The van der Waals surface area contributed by atoms with E-state index < -0.39 is 29.7 Å². The number of rotatable bonds is 11. The second kappa shape index (κ2) is 14.5. The Morgan fingerprint density at radius 1 is 0.889 bits per heavy atom. The first-order chi connectivity index (χ1) is 16.6. The molecule has 0 bridgehead atoms. The Hall–Kier alpha value is -2.28. The van der Waals surface area contributed by atoms with Gasteiger partial charge in [0.1, 0.15) is 18.4 Å². The highest BCUT2D eigenvalue weighted by Crippen LogP contribution is 2.33. The Morgan fingerprint density at radius 2 is 1.58 bits per heavy atom. The van der Waals surface area contributed by atoms with Crippen LogP contribution in [-0.4, -0.2) is 105 Å². The third-order valence-corrected chi connectivity index (χ3v) is 6.05. The predicted octanol–water partition coefficient (Wildman–Crippen LogP) is 0.249. The fraction of sp³-hybridized carbons (Fsp3) is 0.565. The van der Waals surface area contributed by atoms with Gasteiger partial charge in [-0.25, -0.2) is 0 Å². The minimum absolute atomic E-state index is 0. The van der Waals surface area contributed by atoms with Gasteiger partial charge in [0.25, 0.3) is 11.8 Å². The number of imide groups is 2. The molecule has 1 aromatic rings. The summed E-state index contributed by atoms with van der Waals surface area (Å²) in [5.74, 6) is -1.94. The number of ether oxygens (including phenoxy) is 3. The number of halogens is 2. The second-order valence-corrected chi connectivity index (χ2v) is 8.29. The summed E-state index contributed by atoms with van der Waals surface area (Å²) in [7, 11) is 0. The van der Waals surface area contributed by atoms with Crippen LogP contribution in [0.25, 0.3) is 0 Å². The number of carbonyl (C=O) groups excluding carboxylic acids is 4. The molecule has 11 nitrogen and oxygen atoms in total. The van der Waals surface area contributed by atoms with E-state index in [2.05, 4.69) is 15.5 Å². The summed E-state index contributed by atoms with van der Waals surface area (Å²) >= 11 is 0. The number of carbonyl (C=O) groups is 4. The zero-order valence-corrected chi connectivity index (χ0v) is 21.5. The molecule has 0 aliphatic carbocycles. The molecule has 2 fully saturated rings. The molecular weight excluding hydrogens is 515 g/mol. The summed E-state index contributed by atoms with van der Waals surface area (Å²) in [6, 6.07) is 3.76. The van der Waals surface area contributed by atoms with Gasteiger partial charge in [0, 0.05) is 39.1 Å². The van der Waals surface area contributed by atoms with Gasteiger partial charge < -0.3 is 19.5 Å². The van der Waals surface area contributed by atoms with E-state index in [0.29, 0.717) is 26.4 Å². The van der Waals surface area contributed by atoms with Crippen molar-refractivity contribution in [1.29, 1.82) is 0 Å². The molecule has 4 rings (SSSR count). The molecule has 2 N–H and O–H groups in total. The highest BCUT2D eigenvalue weighted by atomic mass is 35.5. The lowest BCUT2D eigenvalue weighted by Gasteiger charge is -2.27. The number of hydrogen-bond acceptors (Lipinski definition) is 9. The van der Waals surface area contributed by atoms with Gasteiger partial charge in [-0.3, -0.25) is 34.3 Å². The quantitative estimate of drug-likeness (QED) is 0.296. The lowest BCUT2D eigenvalue weighted by Crippen LogP contribution is -2.54. The van der Waals surface area contributed by atoms with Crippen molar-refractivity contribution in [1.82, 2.24) is 20.4 Å². The van der Waals surface area contributed by atoms with E-state index in [1.54, 1.807) is 12.1 Å². The van der Waals surface area contributed by atoms with Crippen molar-refractivity contribution >= 4 is 48.4 Å². The minimum atomic E-state index is -1.01. The Labute approximate surface area is 222 Å². The van der Waals surface area contributed by atoms with E-state index in [0.717, 1.165) is 37.6 Å². The summed E-state index contributed by atoms with van der Waals surface area (Å²) < 4.78 is 16.9. The lowest BCUT2D eigenvalue weighted by atomic mass is 10.0. The van der Waals surface area contributed by atoms with Gasteiger partial charge in [-0.05, 0) is 18.6 Å². The van der Waals surface area contributed by atoms with E-state index >= 15 is 0 Å². The van der Waals surface area contributed by atoms with E-state index in [9.17, 15) is 19.2 Å². The molecule has 200 valence electrons. The van der Waals surface area contributed by atoms with Crippen LogP contribution < -0.4 is 15.4 Å². The predicted molar refractivity (Wildman–Crippen MR) is 134 cm³/mol. The van der Waals surface area contributed by atoms with Gasteiger partial charge in [0.2, 0.25) is 11.8 Å². The van der Waals surface area contributed by atoms with Crippen LogP contribution >= 0.6 is 24.8 Å². The van der Waals surface area contributed by atoms with Gasteiger partial charge in [0.15, 0.2) is 0 Å². The molecule has 1 atom stereocenters. The average molecular weight is 547 g/mol. The fourth-order valence-electron chi connectivity index (χ4n) is 4.27. The highest BCUT2D eigenvalue weighted by molar-refractivity contribution is 6.24. The monoisotopic (exact) mass is 546 g/mol. The average Bonchev–Trinajstić information content (AvgIpc) is 3.09. The van der Waals surface area contributed by atoms with Crippen LogP contribution in [0.3, 0.4) is 0 Å². The van der Waals surface area contributed by atoms with Crippen LogP contribution in [-0.2, 0) is 19.1 Å². The normalized spacial score (nSPS) is 19.9. The molecular formula is C23H32Cl2N4O7. The Balaban J connectivity index is 0.00000228. The van der Waals surface area contributed by atoms with Crippen molar-refractivity contribution < 1.29 is 33.4 Å². The third-order valence-electron chi connectivity index (χ3n) is 6.05. The van der Waals surface area contributed by atoms with Crippen molar-refractivity contribution in [3.63, 3.8) is 0 Å². The number of benzene rings is 1. The molecule has 1 unspecified atom stereocenters. The molecule has 3 heterocycles. The maximum absolute atomic E-state index is 13.0. The third kappa shape index (κ3) is 7.15. The van der Waals surface area contributed by atoms with Crippen molar-refractivity contribution in [2.75, 3.05) is 65.8 Å². The van der Waals surface area contributed by atoms with Crippen molar-refractivity contribution in [3.8, 4) is 5.75 Å². The molecule has 3 aliphatic heterocycles. The summed E-state index contributed by atoms with van der Waals surface area (Å²) in [5, 5.41) is 5.50. The molecule has 3 aliphatic rings. The Bertz CT molecular complexity index is 943. The van der Waals surface area contributed by atoms with Crippen LogP contribution in [0, 0.1) is 0 Å². The topological polar surface area (TPSA) is 127 Å². The lowest BCUT2D eigenvalue weighted by molar-refractivity contribution is -0.136. The van der Waals surface area contributed by atoms with Crippen LogP contribution in [0.15, 0.2) is 18.2 Å². The molecule has 2 saturated heterocycles. The van der Waals surface area contributed by atoms with E-state index in [4.69, 9.17) is 14.2 Å². The van der Waals surface area contributed by atoms with E-state index in [1.807, 2.05) is 0 Å². The van der Waals surface area contributed by atoms with Crippen molar-refractivity contribution in [3.05, 3.63) is 29.3 Å². The molecule has 36 heavy (non-hydrogen) atoms. The molecule has 0 radical (unpaired) electrons. The number of amides is 4. The number of nitrogens with one attached hydrogen (secondary N) is 2. The number of hydrogen-bond donors (Lipinski definition) is 2. The first-order valence-corrected chi connectivity index (χ1v) is 11.6. The Kier molecular flexibility index (Phi) is 12.0. The van der Waals surface area contributed by atoms with Gasteiger partial charge in [-0.2, -0.15) is 0 Å². The summed E-state index contributed by atoms with van der Waals surface area (Å²) in [6.45, 7) is 7.09. The molecule has 0 aromatic heterocycles. The van der Waals surface area contributed by atoms with E-state index in [1.165, 1.54) is 6.07 Å².